The molecule has 1 aromatic carbocycles. The quantitative estimate of drug-likeness (QED) is 0.657. The average molecular weight is 392 g/mol. The molecule has 2 aromatic heterocycles. The third-order valence-electron chi connectivity index (χ3n) is 5.30. The van der Waals surface area contributed by atoms with Gasteiger partial charge in [-0.05, 0) is 57.4 Å². The molecule has 0 radical (unpaired) electrons. The van der Waals surface area contributed by atoms with Crippen molar-refractivity contribution >= 4 is 28.6 Å². The number of methoxy groups -OCH3 is 1. The van der Waals surface area contributed by atoms with Crippen molar-refractivity contribution in [2.75, 3.05) is 12.4 Å². The van der Waals surface area contributed by atoms with E-state index in [1.165, 1.54) is 7.11 Å². The first-order chi connectivity index (χ1) is 13.9. The number of rotatable bonds is 5. The van der Waals surface area contributed by atoms with Gasteiger partial charge in [-0.1, -0.05) is 6.07 Å². The molecule has 1 aliphatic rings. The molecule has 0 unspecified atom stereocenters. The van der Waals surface area contributed by atoms with Gasteiger partial charge >= 0.3 is 5.97 Å². The van der Waals surface area contributed by atoms with Gasteiger partial charge in [0, 0.05) is 23.3 Å². The minimum absolute atomic E-state index is 0.143. The Balaban J connectivity index is 1.75. The number of nitrogens with one attached hydrogen (secondary N) is 1. The summed E-state index contributed by atoms with van der Waals surface area (Å²) in [6.07, 6.45) is 3.89. The zero-order chi connectivity index (χ0) is 20.7. The van der Waals surface area contributed by atoms with Gasteiger partial charge in [0.2, 0.25) is 0 Å². The second-order valence-corrected chi connectivity index (χ2v) is 7.71. The van der Waals surface area contributed by atoms with E-state index in [1.807, 2.05) is 24.6 Å². The monoisotopic (exact) mass is 392 g/mol. The fourth-order valence-corrected chi connectivity index (χ4v) is 3.48. The van der Waals surface area contributed by atoms with Crippen molar-refractivity contribution in [3.05, 3.63) is 52.8 Å². The lowest BCUT2D eigenvalue weighted by Crippen LogP contribution is -2.16. The van der Waals surface area contributed by atoms with Crippen molar-refractivity contribution in [2.45, 2.75) is 45.6 Å². The molecular formula is C22H24N4O3. The molecule has 2 heterocycles. The summed E-state index contributed by atoms with van der Waals surface area (Å²) in [5.41, 5.74) is 3.88. The van der Waals surface area contributed by atoms with Gasteiger partial charge in [-0.15, -0.1) is 0 Å². The lowest BCUT2D eigenvalue weighted by Gasteiger charge is -2.13. The fraction of sp³-hybridized carbons (Fsp3) is 0.364. The van der Waals surface area contributed by atoms with Crippen LogP contribution in [0, 0.1) is 6.92 Å². The van der Waals surface area contributed by atoms with E-state index in [0.717, 1.165) is 29.6 Å². The maximum absolute atomic E-state index is 13.2. The van der Waals surface area contributed by atoms with Gasteiger partial charge in [-0.3, -0.25) is 4.79 Å². The van der Waals surface area contributed by atoms with Crippen molar-refractivity contribution in [1.29, 1.82) is 0 Å². The maximum Gasteiger partial charge on any atom is 0.338 e. The van der Waals surface area contributed by atoms with Gasteiger partial charge < -0.3 is 10.1 Å². The molecule has 0 spiro atoms. The highest BCUT2D eigenvalue weighted by Gasteiger charge is 2.28. The van der Waals surface area contributed by atoms with Gasteiger partial charge in [0.25, 0.3) is 5.91 Å². The molecule has 7 nitrogen and oxygen atoms in total. The van der Waals surface area contributed by atoms with Gasteiger partial charge in [0.05, 0.1) is 29.8 Å². The van der Waals surface area contributed by atoms with Crippen LogP contribution in [-0.2, 0) is 4.74 Å². The van der Waals surface area contributed by atoms with Crippen molar-refractivity contribution in [3.8, 4) is 0 Å². The van der Waals surface area contributed by atoms with E-state index in [0.29, 0.717) is 28.3 Å². The highest BCUT2D eigenvalue weighted by atomic mass is 16.5. The van der Waals surface area contributed by atoms with Gasteiger partial charge in [-0.25, -0.2) is 14.5 Å². The largest absolute Gasteiger partial charge is 0.465 e. The number of carbonyl (C=O) groups excluding carboxylic acids is 2. The zero-order valence-corrected chi connectivity index (χ0v) is 17.0. The number of benzene rings is 1. The van der Waals surface area contributed by atoms with E-state index in [9.17, 15) is 9.59 Å². The highest BCUT2D eigenvalue weighted by molar-refractivity contribution is 6.12. The molecule has 0 atom stereocenters. The minimum Gasteiger partial charge on any atom is -0.465 e. The van der Waals surface area contributed by atoms with E-state index in [4.69, 9.17) is 9.72 Å². The molecule has 1 fully saturated rings. The SMILES string of the molecule is COC(=O)c1cccc(NC(=O)c2cc(C3CC3)nc3c2cnn3C(C)C)c1C. The number of esters is 1. The van der Waals surface area contributed by atoms with E-state index in [-0.39, 0.29) is 11.9 Å². The molecule has 0 saturated heterocycles. The van der Waals surface area contributed by atoms with Gasteiger partial charge in [0.1, 0.15) is 0 Å². The second kappa shape index (κ2) is 7.31. The van der Waals surface area contributed by atoms with Gasteiger partial charge in [-0.2, -0.15) is 5.10 Å². The highest BCUT2D eigenvalue weighted by Crippen LogP contribution is 2.40. The van der Waals surface area contributed by atoms with Crippen LogP contribution in [0.25, 0.3) is 11.0 Å². The molecule has 4 rings (SSSR count). The molecular weight excluding hydrogens is 368 g/mol. The number of ether oxygens (including phenoxy) is 1. The van der Waals surface area contributed by atoms with Crippen LogP contribution in [0.4, 0.5) is 5.69 Å². The Morgan fingerprint density at radius 1 is 1.24 bits per heavy atom. The molecule has 150 valence electrons. The van der Waals surface area contributed by atoms with Crippen LogP contribution in [0.2, 0.25) is 0 Å². The number of nitrogens with zero attached hydrogens (tertiary/aromatic N) is 3. The Hall–Kier alpha value is -3.22. The first-order valence-electron chi connectivity index (χ1n) is 9.78. The number of fused-ring (bicyclic) bond motifs is 1. The van der Waals surface area contributed by atoms with E-state index in [1.54, 1.807) is 31.3 Å². The van der Waals surface area contributed by atoms with Gasteiger partial charge in [0.15, 0.2) is 5.65 Å². The summed E-state index contributed by atoms with van der Waals surface area (Å²) >= 11 is 0. The third kappa shape index (κ3) is 3.48. The number of aromatic nitrogens is 3. The Morgan fingerprint density at radius 3 is 2.66 bits per heavy atom. The number of anilines is 1. The first-order valence-corrected chi connectivity index (χ1v) is 9.78. The fourth-order valence-electron chi connectivity index (χ4n) is 3.48. The van der Waals surface area contributed by atoms with Crippen LogP contribution in [0.3, 0.4) is 0 Å². The Labute approximate surface area is 169 Å². The number of hydrogen-bond acceptors (Lipinski definition) is 5. The van der Waals surface area contributed by atoms with E-state index in [2.05, 4.69) is 10.4 Å². The standard InChI is InChI=1S/C22H24N4O3/c1-12(2)26-20-17(11-23-26)16(10-19(24-20)14-8-9-14)21(27)25-18-7-5-6-15(13(18)3)22(28)29-4/h5-7,10-12,14H,8-9H2,1-4H3,(H,25,27). The molecule has 1 saturated carbocycles. The van der Waals surface area contributed by atoms with Crippen LogP contribution in [0.1, 0.15) is 70.6 Å². The molecule has 7 heteroatoms. The molecule has 0 bridgehead atoms. The Bertz CT molecular complexity index is 1110. The van der Waals surface area contributed by atoms with Crippen molar-refractivity contribution in [3.63, 3.8) is 0 Å². The molecule has 1 aliphatic carbocycles. The van der Waals surface area contributed by atoms with Crippen LogP contribution < -0.4 is 5.32 Å². The topological polar surface area (TPSA) is 86.1 Å². The Morgan fingerprint density at radius 2 is 2.00 bits per heavy atom. The van der Waals surface area contributed by atoms with Crippen LogP contribution in [-0.4, -0.2) is 33.8 Å². The van der Waals surface area contributed by atoms with E-state index >= 15 is 0 Å². The van der Waals surface area contributed by atoms with Crippen molar-refractivity contribution < 1.29 is 14.3 Å². The Kier molecular flexibility index (Phi) is 4.82. The summed E-state index contributed by atoms with van der Waals surface area (Å²) in [6, 6.07) is 7.20. The van der Waals surface area contributed by atoms with Crippen LogP contribution in [0.5, 0.6) is 0 Å². The summed E-state index contributed by atoms with van der Waals surface area (Å²) in [6.45, 7) is 5.87. The zero-order valence-electron chi connectivity index (χ0n) is 17.0. The summed E-state index contributed by atoms with van der Waals surface area (Å²) in [5.74, 6) is -0.266. The summed E-state index contributed by atoms with van der Waals surface area (Å²) in [4.78, 5) is 30.0. The molecule has 0 aliphatic heterocycles. The normalized spacial score (nSPS) is 13.7. The lowest BCUT2D eigenvalue weighted by atomic mass is 10.1. The minimum atomic E-state index is -0.431. The third-order valence-corrected chi connectivity index (χ3v) is 5.30. The number of carbonyl (C=O) groups is 2. The molecule has 1 N–H and O–H groups in total. The molecule has 1 amide bonds. The van der Waals surface area contributed by atoms with Crippen molar-refractivity contribution in [1.82, 2.24) is 14.8 Å². The number of pyridine rings is 1. The van der Waals surface area contributed by atoms with Crippen LogP contribution >= 0.6 is 0 Å². The smallest absolute Gasteiger partial charge is 0.338 e. The lowest BCUT2D eigenvalue weighted by molar-refractivity contribution is 0.0599. The summed E-state index contributed by atoms with van der Waals surface area (Å²) in [5, 5.41) is 8.12. The summed E-state index contributed by atoms with van der Waals surface area (Å²) in [7, 11) is 1.34. The summed E-state index contributed by atoms with van der Waals surface area (Å²) < 4.78 is 6.67. The van der Waals surface area contributed by atoms with Crippen LogP contribution in [0.15, 0.2) is 30.5 Å². The predicted octanol–water partition coefficient (Wildman–Crippen LogP) is 4.24. The second-order valence-electron chi connectivity index (χ2n) is 7.71. The van der Waals surface area contributed by atoms with E-state index < -0.39 is 5.97 Å². The maximum atomic E-state index is 13.2. The number of amides is 1. The molecule has 29 heavy (non-hydrogen) atoms. The number of hydrogen-bond donors (Lipinski definition) is 1. The predicted molar refractivity (Wildman–Crippen MR) is 110 cm³/mol. The first kappa shape index (κ1) is 19.1. The molecule has 3 aromatic rings. The average Bonchev–Trinajstić information content (AvgIpc) is 3.46. The van der Waals surface area contributed by atoms with Crippen molar-refractivity contribution in [2.24, 2.45) is 0 Å².